The molecule has 0 bridgehead atoms. The smallest absolute Gasteiger partial charge is 0.322 e. The molecule has 0 saturated carbocycles. The summed E-state index contributed by atoms with van der Waals surface area (Å²) >= 11 is 0. The van der Waals surface area contributed by atoms with Gasteiger partial charge in [0.15, 0.2) is 0 Å². The molecule has 0 spiro atoms. The van der Waals surface area contributed by atoms with Crippen molar-refractivity contribution in [3.8, 4) is 0 Å². The predicted molar refractivity (Wildman–Crippen MR) is 73.1 cm³/mol. The minimum atomic E-state index is -4.54. The Morgan fingerprint density at radius 3 is 2.50 bits per heavy atom. The topological polar surface area (TPSA) is 61.8 Å². The number of halogens is 3. The molecule has 22 heavy (non-hydrogen) atoms. The Kier molecular flexibility index (Phi) is 3.95. The van der Waals surface area contributed by atoms with Gasteiger partial charge in [0.2, 0.25) is 0 Å². The fraction of sp³-hybridized carbons (Fsp3) is 0.357. The molecule has 1 heterocycles. The van der Waals surface area contributed by atoms with Crippen LogP contribution in [0.5, 0.6) is 0 Å². The molecule has 2 rings (SSSR count). The quantitative estimate of drug-likeness (QED) is 0.689. The van der Waals surface area contributed by atoms with Gasteiger partial charge in [0.05, 0.1) is 11.8 Å². The highest BCUT2D eigenvalue weighted by atomic mass is 19.4. The third-order valence-corrected chi connectivity index (χ3v) is 3.53. The van der Waals surface area contributed by atoms with Gasteiger partial charge in [-0.15, -0.1) is 5.01 Å². The summed E-state index contributed by atoms with van der Waals surface area (Å²) in [6, 6.07) is 4.03. The monoisotopic (exact) mass is 313 g/mol. The van der Waals surface area contributed by atoms with E-state index in [4.69, 9.17) is 0 Å². The fourth-order valence-corrected chi connectivity index (χ4v) is 2.00. The van der Waals surface area contributed by atoms with Crippen LogP contribution < -0.4 is 5.32 Å². The van der Waals surface area contributed by atoms with Crippen LogP contribution in [0.25, 0.3) is 0 Å². The summed E-state index contributed by atoms with van der Waals surface area (Å²) in [5.41, 5.74) is -2.19. The van der Waals surface area contributed by atoms with Gasteiger partial charge < -0.3 is 5.32 Å². The number of benzene rings is 1. The molecule has 0 aromatic heterocycles. The van der Waals surface area contributed by atoms with Gasteiger partial charge in [-0.05, 0) is 19.4 Å². The number of alkyl halides is 3. The molecule has 5 nitrogen and oxygen atoms in total. The summed E-state index contributed by atoms with van der Waals surface area (Å²) in [4.78, 5) is 23.8. The van der Waals surface area contributed by atoms with Crippen molar-refractivity contribution in [2.45, 2.75) is 32.0 Å². The summed E-state index contributed by atoms with van der Waals surface area (Å²) in [7, 11) is 0. The summed E-state index contributed by atoms with van der Waals surface area (Å²) < 4.78 is 38.6. The Balaban J connectivity index is 2.31. The van der Waals surface area contributed by atoms with Crippen molar-refractivity contribution in [1.29, 1.82) is 0 Å². The Labute approximate surface area is 124 Å². The molecule has 0 aliphatic carbocycles. The van der Waals surface area contributed by atoms with Crippen molar-refractivity contribution >= 4 is 18.2 Å². The summed E-state index contributed by atoms with van der Waals surface area (Å²) in [5.74, 6) is -0.597. The summed E-state index contributed by atoms with van der Waals surface area (Å²) in [6.07, 6.45) is -3.33. The zero-order valence-electron chi connectivity index (χ0n) is 11.9. The Bertz CT molecular complexity index is 642. The highest BCUT2D eigenvalue weighted by molar-refractivity contribution is 6.07. The average molecular weight is 313 g/mol. The van der Waals surface area contributed by atoms with Gasteiger partial charge in [0.25, 0.3) is 5.91 Å². The van der Waals surface area contributed by atoms with Gasteiger partial charge in [-0.25, -0.2) is 4.79 Å². The van der Waals surface area contributed by atoms with E-state index in [1.54, 1.807) is 6.92 Å². The largest absolute Gasteiger partial charge is 0.417 e. The van der Waals surface area contributed by atoms with E-state index in [0.717, 1.165) is 12.3 Å². The van der Waals surface area contributed by atoms with E-state index >= 15 is 0 Å². The SMILES string of the molecule is CC[C@]1(C)NC(=O)N(/N=C\c2ccccc2C(F)(F)F)C1=O. The van der Waals surface area contributed by atoms with Gasteiger partial charge in [-0.2, -0.15) is 18.3 Å². The van der Waals surface area contributed by atoms with E-state index in [9.17, 15) is 22.8 Å². The second-order valence-electron chi connectivity index (χ2n) is 5.06. The highest BCUT2D eigenvalue weighted by Gasteiger charge is 2.47. The minimum Gasteiger partial charge on any atom is -0.322 e. The Morgan fingerprint density at radius 1 is 1.32 bits per heavy atom. The van der Waals surface area contributed by atoms with E-state index in [1.807, 2.05) is 0 Å². The maximum atomic E-state index is 12.9. The number of hydrogen-bond donors (Lipinski definition) is 1. The second-order valence-corrected chi connectivity index (χ2v) is 5.06. The molecule has 1 fully saturated rings. The number of carbonyl (C=O) groups is 2. The lowest BCUT2D eigenvalue weighted by molar-refractivity contribution is -0.137. The van der Waals surface area contributed by atoms with Crippen LogP contribution in [0.1, 0.15) is 31.4 Å². The summed E-state index contributed by atoms with van der Waals surface area (Å²) in [6.45, 7) is 3.25. The third kappa shape index (κ3) is 2.81. The average Bonchev–Trinajstić information content (AvgIpc) is 2.67. The first kappa shape index (κ1) is 16.0. The molecule has 1 aliphatic heterocycles. The number of hydrogen-bond acceptors (Lipinski definition) is 3. The molecular weight excluding hydrogens is 299 g/mol. The van der Waals surface area contributed by atoms with Crippen molar-refractivity contribution in [2.75, 3.05) is 0 Å². The lowest BCUT2D eigenvalue weighted by Crippen LogP contribution is -2.42. The molecule has 0 radical (unpaired) electrons. The maximum Gasteiger partial charge on any atom is 0.417 e. The fourth-order valence-electron chi connectivity index (χ4n) is 2.00. The van der Waals surface area contributed by atoms with Gasteiger partial charge in [0.1, 0.15) is 5.54 Å². The number of nitrogens with one attached hydrogen (secondary N) is 1. The molecule has 0 unspecified atom stereocenters. The highest BCUT2D eigenvalue weighted by Crippen LogP contribution is 2.31. The number of hydrazone groups is 1. The van der Waals surface area contributed by atoms with Gasteiger partial charge >= 0.3 is 12.2 Å². The van der Waals surface area contributed by atoms with Crippen LogP contribution in [0.15, 0.2) is 29.4 Å². The standard InChI is InChI=1S/C14H14F3N3O2/c1-3-13(2)11(21)20(12(22)19-13)18-8-9-6-4-5-7-10(9)14(15,16)17/h4-8H,3H2,1-2H3,(H,19,22)/b18-8-/t13-/m0/s1. The number of amides is 3. The maximum absolute atomic E-state index is 12.9. The zero-order valence-corrected chi connectivity index (χ0v) is 11.9. The molecular formula is C14H14F3N3O2. The molecule has 1 saturated heterocycles. The van der Waals surface area contributed by atoms with Crippen molar-refractivity contribution in [3.05, 3.63) is 35.4 Å². The molecule has 1 aliphatic rings. The number of carbonyl (C=O) groups excluding carboxylic acids is 2. The first-order valence-electron chi connectivity index (χ1n) is 6.56. The zero-order chi connectivity index (χ0) is 16.5. The van der Waals surface area contributed by atoms with Crippen LogP contribution >= 0.6 is 0 Å². The van der Waals surface area contributed by atoms with Crippen LogP contribution in [0.3, 0.4) is 0 Å². The van der Waals surface area contributed by atoms with Crippen molar-refractivity contribution in [1.82, 2.24) is 10.3 Å². The molecule has 118 valence electrons. The van der Waals surface area contributed by atoms with Crippen molar-refractivity contribution < 1.29 is 22.8 Å². The summed E-state index contributed by atoms with van der Waals surface area (Å²) in [5, 5.41) is 6.63. The van der Waals surface area contributed by atoms with Gasteiger partial charge in [0, 0.05) is 5.56 Å². The van der Waals surface area contributed by atoms with Gasteiger partial charge in [-0.3, -0.25) is 4.79 Å². The molecule has 8 heteroatoms. The third-order valence-electron chi connectivity index (χ3n) is 3.53. The lowest BCUT2D eigenvalue weighted by Gasteiger charge is -2.17. The van der Waals surface area contributed by atoms with Crippen LogP contribution in [0.4, 0.5) is 18.0 Å². The van der Waals surface area contributed by atoms with Crippen LogP contribution in [-0.4, -0.2) is 28.7 Å². The van der Waals surface area contributed by atoms with Crippen molar-refractivity contribution in [2.24, 2.45) is 5.10 Å². The first-order chi connectivity index (χ1) is 10.2. The number of urea groups is 1. The molecule has 1 aromatic rings. The molecule has 1 N–H and O–H groups in total. The van der Waals surface area contributed by atoms with E-state index in [0.29, 0.717) is 11.4 Å². The van der Waals surface area contributed by atoms with E-state index in [1.165, 1.54) is 25.1 Å². The van der Waals surface area contributed by atoms with Crippen LogP contribution in [-0.2, 0) is 11.0 Å². The molecule has 3 amide bonds. The number of rotatable bonds is 3. The van der Waals surface area contributed by atoms with Crippen molar-refractivity contribution in [3.63, 3.8) is 0 Å². The molecule has 1 atom stereocenters. The predicted octanol–water partition coefficient (Wildman–Crippen LogP) is 2.76. The Hall–Kier alpha value is -2.38. The number of imide groups is 1. The van der Waals surface area contributed by atoms with Gasteiger partial charge in [-0.1, -0.05) is 25.1 Å². The second kappa shape index (κ2) is 5.43. The lowest BCUT2D eigenvalue weighted by atomic mass is 10.00. The minimum absolute atomic E-state index is 0.222. The van der Waals surface area contributed by atoms with Crippen LogP contribution in [0, 0.1) is 0 Å². The normalized spacial score (nSPS) is 22.5. The Morgan fingerprint density at radius 2 is 1.95 bits per heavy atom. The van der Waals surface area contributed by atoms with E-state index in [2.05, 4.69) is 10.4 Å². The van der Waals surface area contributed by atoms with E-state index in [-0.39, 0.29) is 5.56 Å². The number of nitrogens with zero attached hydrogens (tertiary/aromatic N) is 2. The van der Waals surface area contributed by atoms with E-state index < -0.39 is 29.2 Å². The van der Waals surface area contributed by atoms with Crippen LogP contribution in [0.2, 0.25) is 0 Å². The molecule has 1 aromatic carbocycles. The first-order valence-corrected chi connectivity index (χ1v) is 6.56.